The minimum Gasteiger partial charge on any atom is -0.497 e. The van der Waals surface area contributed by atoms with Gasteiger partial charge in [0.05, 0.1) is 30.7 Å². The first-order valence-corrected chi connectivity index (χ1v) is 11.8. The van der Waals surface area contributed by atoms with Crippen LogP contribution >= 0.6 is 11.3 Å². The fraction of sp³-hybridized carbons (Fsp3) is 0.154. The molecule has 0 bridgehead atoms. The molecule has 3 heterocycles. The Bertz CT molecular complexity index is 1360. The summed E-state index contributed by atoms with van der Waals surface area (Å²) in [5, 5.41) is 16.7. The van der Waals surface area contributed by atoms with E-state index in [4.69, 9.17) is 4.74 Å². The molecule has 3 aromatic heterocycles. The lowest BCUT2D eigenvalue weighted by molar-refractivity contribution is 0.0951. The van der Waals surface area contributed by atoms with Crippen molar-refractivity contribution in [2.45, 2.75) is 13.5 Å². The standard InChI is InChI=1S/C21H18N4O2S.C5H8N2/c1-27-16-8-6-14(7-9-16)21-24-15(13-28-21)12-22-20(26)18-5-3-2-4-17(18)19-10-11-23-25-19;1-5-3-4-7(2)6-5/h2-11,13H,12H2,1H3,(H,22,26)(H,23,25);3-4H,1-2H3. The Morgan fingerprint density at radius 1 is 1.11 bits per heavy atom. The molecule has 0 aliphatic heterocycles. The maximum absolute atomic E-state index is 12.7. The van der Waals surface area contributed by atoms with Crippen LogP contribution in [0.15, 0.2) is 78.4 Å². The monoisotopic (exact) mass is 486 g/mol. The third kappa shape index (κ3) is 6.21. The molecular formula is C26H26N6O2S. The normalized spacial score (nSPS) is 10.4. The van der Waals surface area contributed by atoms with Crippen molar-refractivity contribution in [3.63, 3.8) is 0 Å². The number of thiazole rings is 1. The van der Waals surface area contributed by atoms with Gasteiger partial charge in [0.25, 0.3) is 5.91 Å². The van der Waals surface area contributed by atoms with Crippen LogP contribution in [0.25, 0.3) is 21.8 Å². The van der Waals surface area contributed by atoms with Crippen LogP contribution in [0.1, 0.15) is 21.7 Å². The summed E-state index contributed by atoms with van der Waals surface area (Å²) in [4.78, 5) is 17.3. The van der Waals surface area contributed by atoms with Crippen LogP contribution in [-0.2, 0) is 13.6 Å². The second-order valence-corrected chi connectivity index (χ2v) is 8.56. The smallest absolute Gasteiger partial charge is 0.252 e. The molecule has 5 aromatic rings. The molecule has 2 N–H and O–H groups in total. The van der Waals surface area contributed by atoms with E-state index < -0.39 is 0 Å². The van der Waals surface area contributed by atoms with Crippen molar-refractivity contribution in [1.29, 1.82) is 0 Å². The van der Waals surface area contributed by atoms with Gasteiger partial charge in [0.2, 0.25) is 0 Å². The van der Waals surface area contributed by atoms with E-state index in [0.717, 1.165) is 39.0 Å². The van der Waals surface area contributed by atoms with E-state index in [2.05, 4.69) is 25.6 Å². The Morgan fingerprint density at radius 3 is 2.54 bits per heavy atom. The first kappa shape index (κ1) is 23.9. The number of hydrogen-bond donors (Lipinski definition) is 2. The Balaban J connectivity index is 0.000000356. The second-order valence-electron chi connectivity index (χ2n) is 7.70. The molecule has 9 heteroatoms. The lowest BCUT2D eigenvalue weighted by Crippen LogP contribution is -2.23. The number of carbonyl (C=O) groups is 1. The quantitative estimate of drug-likeness (QED) is 0.357. The number of H-pyrrole nitrogens is 1. The molecular weight excluding hydrogens is 460 g/mol. The number of nitrogens with zero attached hydrogens (tertiary/aromatic N) is 4. The van der Waals surface area contributed by atoms with E-state index in [1.165, 1.54) is 0 Å². The van der Waals surface area contributed by atoms with Gasteiger partial charge in [-0.1, -0.05) is 18.2 Å². The van der Waals surface area contributed by atoms with Gasteiger partial charge in [-0.3, -0.25) is 14.6 Å². The zero-order chi connectivity index (χ0) is 24.6. The number of hydrogen-bond acceptors (Lipinski definition) is 6. The summed E-state index contributed by atoms with van der Waals surface area (Å²) in [6.07, 6.45) is 3.59. The Hall–Kier alpha value is -4.24. The molecule has 0 spiro atoms. The summed E-state index contributed by atoms with van der Waals surface area (Å²) in [6.45, 7) is 2.34. The van der Waals surface area contributed by atoms with Gasteiger partial charge in [-0.2, -0.15) is 10.2 Å². The molecule has 5 rings (SSSR count). The molecule has 0 aliphatic rings. The fourth-order valence-corrected chi connectivity index (χ4v) is 4.20. The van der Waals surface area contributed by atoms with Crippen molar-refractivity contribution < 1.29 is 9.53 Å². The second kappa shape index (κ2) is 11.3. The van der Waals surface area contributed by atoms with Crippen molar-refractivity contribution in [2.75, 3.05) is 7.11 Å². The number of nitrogens with one attached hydrogen (secondary N) is 2. The predicted octanol–water partition coefficient (Wildman–Crippen LogP) is 4.87. The third-order valence-corrected chi connectivity index (χ3v) is 6.07. The summed E-state index contributed by atoms with van der Waals surface area (Å²) < 4.78 is 6.97. The van der Waals surface area contributed by atoms with Gasteiger partial charge in [-0.15, -0.1) is 11.3 Å². The summed E-state index contributed by atoms with van der Waals surface area (Å²) in [5.41, 5.74) is 5.13. The number of benzene rings is 2. The van der Waals surface area contributed by atoms with E-state index in [-0.39, 0.29) is 5.91 Å². The highest BCUT2D eigenvalue weighted by atomic mass is 32.1. The minimum absolute atomic E-state index is 0.149. The molecule has 0 unspecified atom stereocenters. The van der Waals surface area contributed by atoms with Gasteiger partial charge >= 0.3 is 0 Å². The summed E-state index contributed by atoms with van der Waals surface area (Å²) >= 11 is 1.55. The van der Waals surface area contributed by atoms with Gasteiger partial charge < -0.3 is 10.1 Å². The van der Waals surface area contributed by atoms with Crippen molar-refractivity contribution in [2.24, 2.45) is 7.05 Å². The first-order chi connectivity index (χ1) is 17.0. The van der Waals surface area contributed by atoms with Gasteiger partial charge in [0.15, 0.2) is 0 Å². The van der Waals surface area contributed by atoms with Crippen molar-refractivity contribution in [3.8, 4) is 27.6 Å². The zero-order valence-electron chi connectivity index (χ0n) is 19.7. The topological polar surface area (TPSA) is 97.7 Å². The van der Waals surface area contributed by atoms with Gasteiger partial charge in [-0.05, 0) is 49.4 Å². The molecule has 0 saturated carbocycles. The molecule has 35 heavy (non-hydrogen) atoms. The van der Waals surface area contributed by atoms with E-state index in [9.17, 15) is 4.79 Å². The highest BCUT2D eigenvalue weighted by Crippen LogP contribution is 2.26. The fourth-order valence-electron chi connectivity index (χ4n) is 3.37. The Morgan fingerprint density at radius 2 is 1.91 bits per heavy atom. The molecule has 0 aliphatic carbocycles. The summed E-state index contributed by atoms with van der Waals surface area (Å²) in [5.74, 6) is 0.660. The predicted molar refractivity (Wildman–Crippen MR) is 137 cm³/mol. The lowest BCUT2D eigenvalue weighted by Gasteiger charge is -2.08. The molecule has 2 aromatic carbocycles. The molecule has 8 nitrogen and oxygen atoms in total. The zero-order valence-corrected chi connectivity index (χ0v) is 20.5. The van der Waals surface area contributed by atoms with Crippen LogP contribution in [-0.4, -0.2) is 38.0 Å². The van der Waals surface area contributed by atoms with Crippen LogP contribution in [0.2, 0.25) is 0 Å². The maximum Gasteiger partial charge on any atom is 0.252 e. The average molecular weight is 487 g/mol. The number of ether oxygens (including phenoxy) is 1. The molecule has 0 atom stereocenters. The van der Waals surface area contributed by atoms with Crippen LogP contribution in [0.5, 0.6) is 5.75 Å². The average Bonchev–Trinajstić information content (AvgIpc) is 3.66. The molecule has 1 amide bonds. The van der Waals surface area contributed by atoms with E-state index in [1.807, 2.05) is 80.1 Å². The van der Waals surface area contributed by atoms with Gasteiger partial charge in [-0.25, -0.2) is 4.98 Å². The van der Waals surface area contributed by atoms with Crippen LogP contribution in [0.3, 0.4) is 0 Å². The Kier molecular flexibility index (Phi) is 7.69. The van der Waals surface area contributed by atoms with Crippen molar-refractivity contribution in [3.05, 3.63) is 95.4 Å². The van der Waals surface area contributed by atoms with Crippen molar-refractivity contribution in [1.82, 2.24) is 30.3 Å². The Labute approximate surface area is 207 Å². The number of methoxy groups -OCH3 is 1. The first-order valence-electron chi connectivity index (χ1n) is 11.0. The van der Waals surface area contributed by atoms with Crippen LogP contribution in [0, 0.1) is 6.92 Å². The van der Waals surface area contributed by atoms with E-state index >= 15 is 0 Å². The highest BCUT2D eigenvalue weighted by Gasteiger charge is 2.14. The number of aromatic nitrogens is 5. The summed E-state index contributed by atoms with van der Waals surface area (Å²) in [7, 11) is 3.55. The van der Waals surface area contributed by atoms with Crippen LogP contribution < -0.4 is 10.1 Å². The molecule has 0 fully saturated rings. The largest absolute Gasteiger partial charge is 0.497 e. The van der Waals surface area contributed by atoms with E-state index in [1.54, 1.807) is 35.4 Å². The number of amides is 1. The number of aryl methyl sites for hydroxylation is 2. The number of carbonyl (C=O) groups excluding carboxylic acids is 1. The van der Waals surface area contributed by atoms with E-state index in [0.29, 0.717) is 12.1 Å². The summed E-state index contributed by atoms with van der Waals surface area (Å²) in [6, 6.07) is 19.0. The molecule has 0 saturated heterocycles. The van der Waals surface area contributed by atoms with Crippen LogP contribution in [0.4, 0.5) is 0 Å². The maximum atomic E-state index is 12.7. The number of aromatic amines is 1. The number of rotatable bonds is 6. The molecule has 0 radical (unpaired) electrons. The molecule has 178 valence electrons. The SMILES string of the molecule is COc1ccc(-c2nc(CNC(=O)c3ccccc3-c3ccn[nH]3)cs2)cc1.Cc1ccn(C)n1. The lowest BCUT2D eigenvalue weighted by atomic mass is 10.0. The highest BCUT2D eigenvalue weighted by molar-refractivity contribution is 7.13. The van der Waals surface area contributed by atoms with Crippen molar-refractivity contribution >= 4 is 17.2 Å². The third-order valence-electron chi connectivity index (χ3n) is 5.13. The van der Waals surface area contributed by atoms with Gasteiger partial charge in [0, 0.05) is 41.5 Å². The van der Waals surface area contributed by atoms with Gasteiger partial charge in [0.1, 0.15) is 10.8 Å². The minimum atomic E-state index is -0.149.